The van der Waals surface area contributed by atoms with Crippen LogP contribution in [0.4, 0.5) is 0 Å². The monoisotopic (exact) mass is 215 g/mol. The first kappa shape index (κ1) is 13.9. The minimum Gasteiger partial charge on any atom is -0.399 e. The quantitative estimate of drug-likeness (QED) is 0.633. The van der Waals surface area contributed by atoms with Gasteiger partial charge in [-0.3, -0.25) is 4.68 Å². The van der Waals surface area contributed by atoms with E-state index < -0.39 is 0 Å². The minimum absolute atomic E-state index is 0. The van der Waals surface area contributed by atoms with Crippen molar-refractivity contribution >= 4 is 31.4 Å². The number of hydrogen-bond acceptors (Lipinski definition) is 3. The average Bonchev–Trinajstić information content (AvgIpc) is 2.56. The van der Waals surface area contributed by atoms with Crippen molar-refractivity contribution < 1.29 is 9.31 Å². The Balaban J connectivity index is 0.00000128. The van der Waals surface area contributed by atoms with Gasteiger partial charge in [0, 0.05) is 43.8 Å². The molecule has 0 unspecified atom stereocenters. The Hall–Kier alpha value is -0.208. The molecule has 83 valence electrons. The molecule has 1 aliphatic rings. The molecular formula is C10H17BLiN2O2. The molecule has 0 N–H and O–H groups in total. The molecule has 0 aliphatic carbocycles. The number of aryl methyl sites for hydroxylation is 1. The molecule has 16 heavy (non-hydrogen) atoms. The molecular weight excluding hydrogens is 198 g/mol. The number of hydrogen-bond donors (Lipinski definition) is 0. The van der Waals surface area contributed by atoms with Crippen LogP contribution in [0.5, 0.6) is 0 Å². The molecule has 1 radical (unpaired) electrons. The van der Waals surface area contributed by atoms with Crippen molar-refractivity contribution in [2.75, 3.05) is 0 Å². The summed E-state index contributed by atoms with van der Waals surface area (Å²) in [5.74, 6) is 0. The molecule has 1 saturated heterocycles. The van der Waals surface area contributed by atoms with Gasteiger partial charge in [0.25, 0.3) is 0 Å². The summed E-state index contributed by atoms with van der Waals surface area (Å²) < 4.78 is 13.5. The number of nitrogens with zero attached hydrogens (tertiary/aromatic N) is 2. The fourth-order valence-corrected chi connectivity index (χ4v) is 1.54. The number of rotatable bonds is 1. The number of aromatic nitrogens is 2. The Kier molecular flexibility index (Phi) is 3.66. The SMILES string of the molecule is Cn1cc(B2OC(C)(C)C(C)(C)O2)cn1.[Li]. The average molecular weight is 215 g/mol. The van der Waals surface area contributed by atoms with Gasteiger partial charge in [-0.2, -0.15) is 5.10 Å². The van der Waals surface area contributed by atoms with Crippen LogP contribution in [-0.4, -0.2) is 47.0 Å². The third-order valence-electron chi connectivity index (χ3n) is 3.25. The third kappa shape index (κ3) is 2.23. The summed E-state index contributed by atoms with van der Waals surface area (Å²) in [6.07, 6.45) is 3.70. The van der Waals surface area contributed by atoms with E-state index >= 15 is 0 Å². The summed E-state index contributed by atoms with van der Waals surface area (Å²) in [5, 5.41) is 4.11. The van der Waals surface area contributed by atoms with E-state index in [2.05, 4.69) is 5.10 Å². The second-order valence-electron chi connectivity index (χ2n) is 5.04. The van der Waals surface area contributed by atoms with E-state index in [9.17, 15) is 0 Å². The zero-order valence-electron chi connectivity index (χ0n) is 10.9. The maximum Gasteiger partial charge on any atom is 0.498 e. The summed E-state index contributed by atoms with van der Waals surface area (Å²) >= 11 is 0. The molecule has 1 aliphatic heterocycles. The molecule has 0 bridgehead atoms. The van der Waals surface area contributed by atoms with E-state index in [-0.39, 0.29) is 37.2 Å². The van der Waals surface area contributed by atoms with Gasteiger partial charge in [-0.15, -0.1) is 0 Å². The van der Waals surface area contributed by atoms with E-state index in [1.807, 2.05) is 40.9 Å². The Morgan fingerprint density at radius 2 is 1.69 bits per heavy atom. The van der Waals surface area contributed by atoms with E-state index in [0.717, 1.165) is 5.46 Å². The molecule has 0 amide bonds. The van der Waals surface area contributed by atoms with Gasteiger partial charge >= 0.3 is 7.12 Å². The molecule has 0 spiro atoms. The summed E-state index contributed by atoms with van der Waals surface area (Å²) in [4.78, 5) is 0. The second kappa shape index (κ2) is 4.23. The molecule has 0 saturated carbocycles. The van der Waals surface area contributed by atoms with Crippen LogP contribution < -0.4 is 5.46 Å². The Labute approximate surface area is 109 Å². The van der Waals surface area contributed by atoms with Crippen molar-refractivity contribution in [1.82, 2.24) is 9.78 Å². The van der Waals surface area contributed by atoms with Gasteiger partial charge in [-0.1, -0.05) is 0 Å². The zero-order chi connectivity index (χ0) is 11.3. The van der Waals surface area contributed by atoms with Gasteiger partial charge in [0.15, 0.2) is 0 Å². The first-order valence-corrected chi connectivity index (χ1v) is 5.16. The largest absolute Gasteiger partial charge is 0.498 e. The fraction of sp³-hybridized carbons (Fsp3) is 0.700. The maximum atomic E-state index is 5.89. The van der Waals surface area contributed by atoms with Gasteiger partial charge in [-0.25, -0.2) is 0 Å². The predicted octanol–water partition coefficient (Wildman–Crippen LogP) is 0.338. The van der Waals surface area contributed by atoms with Gasteiger partial charge < -0.3 is 9.31 Å². The summed E-state index contributed by atoms with van der Waals surface area (Å²) in [6.45, 7) is 8.18. The molecule has 2 rings (SSSR count). The predicted molar refractivity (Wildman–Crippen MR) is 64.7 cm³/mol. The first-order chi connectivity index (χ1) is 6.82. The first-order valence-electron chi connectivity index (χ1n) is 5.16. The molecule has 1 aromatic rings. The topological polar surface area (TPSA) is 36.3 Å². The van der Waals surface area contributed by atoms with Crippen LogP contribution in [-0.2, 0) is 16.4 Å². The van der Waals surface area contributed by atoms with Gasteiger partial charge in [0.2, 0.25) is 0 Å². The molecule has 1 fully saturated rings. The summed E-state index contributed by atoms with van der Waals surface area (Å²) in [7, 11) is 1.58. The smallest absolute Gasteiger partial charge is 0.399 e. The van der Waals surface area contributed by atoms with E-state index in [1.54, 1.807) is 10.9 Å². The van der Waals surface area contributed by atoms with Crippen molar-refractivity contribution in [2.45, 2.75) is 38.9 Å². The van der Waals surface area contributed by atoms with Crippen molar-refractivity contribution in [3.05, 3.63) is 12.4 Å². The zero-order valence-corrected chi connectivity index (χ0v) is 10.9. The summed E-state index contributed by atoms with van der Waals surface area (Å²) in [5.41, 5.74) is 0.400. The van der Waals surface area contributed by atoms with Crippen LogP contribution in [0.15, 0.2) is 12.4 Å². The van der Waals surface area contributed by atoms with E-state index in [1.165, 1.54) is 0 Å². The standard InChI is InChI=1S/C10H17BN2O2.Li/c1-9(2)10(3,4)15-11(14-9)8-6-12-13(5)7-8;/h6-7H,1-5H3;. The minimum atomic E-state index is -0.302. The van der Waals surface area contributed by atoms with Crippen molar-refractivity contribution in [3.8, 4) is 0 Å². The molecule has 0 atom stereocenters. The third-order valence-corrected chi connectivity index (χ3v) is 3.25. The van der Waals surface area contributed by atoms with Crippen molar-refractivity contribution in [3.63, 3.8) is 0 Å². The Morgan fingerprint density at radius 1 is 1.19 bits per heavy atom. The second-order valence-corrected chi connectivity index (χ2v) is 5.04. The van der Waals surface area contributed by atoms with Crippen molar-refractivity contribution in [1.29, 1.82) is 0 Å². The van der Waals surface area contributed by atoms with Crippen LogP contribution in [0.2, 0.25) is 0 Å². The van der Waals surface area contributed by atoms with Crippen LogP contribution in [0, 0.1) is 0 Å². The van der Waals surface area contributed by atoms with Gasteiger partial charge in [0.1, 0.15) is 0 Å². The fourth-order valence-electron chi connectivity index (χ4n) is 1.54. The van der Waals surface area contributed by atoms with E-state index in [0.29, 0.717) is 0 Å². The van der Waals surface area contributed by atoms with Crippen LogP contribution in [0.1, 0.15) is 27.7 Å². The van der Waals surface area contributed by atoms with Gasteiger partial charge in [-0.05, 0) is 27.7 Å². The molecule has 4 nitrogen and oxygen atoms in total. The van der Waals surface area contributed by atoms with Gasteiger partial charge in [0.05, 0.1) is 11.2 Å². The van der Waals surface area contributed by atoms with E-state index in [4.69, 9.17) is 9.31 Å². The Morgan fingerprint density at radius 3 is 2.06 bits per heavy atom. The van der Waals surface area contributed by atoms with Crippen LogP contribution in [0.25, 0.3) is 0 Å². The molecule has 0 aromatic carbocycles. The van der Waals surface area contributed by atoms with Crippen LogP contribution >= 0.6 is 0 Å². The Bertz CT molecular complexity index is 363. The maximum absolute atomic E-state index is 5.89. The molecule has 6 heteroatoms. The normalized spacial score (nSPS) is 21.9. The molecule has 2 heterocycles. The molecule has 1 aromatic heterocycles. The van der Waals surface area contributed by atoms with Crippen LogP contribution in [0.3, 0.4) is 0 Å². The summed E-state index contributed by atoms with van der Waals surface area (Å²) in [6, 6.07) is 0. The van der Waals surface area contributed by atoms with Crippen molar-refractivity contribution in [2.24, 2.45) is 7.05 Å².